The second-order valence-corrected chi connectivity index (χ2v) is 9.22. The first-order valence-corrected chi connectivity index (χ1v) is 12.5. The lowest BCUT2D eigenvalue weighted by Gasteiger charge is -2.18. The molecule has 0 aliphatic carbocycles. The van der Waals surface area contributed by atoms with E-state index >= 15 is 0 Å². The van der Waals surface area contributed by atoms with Gasteiger partial charge in [0.1, 0.15) is 11.2 Å². The first-order chi connectivity index (χ1) is 24.0. The molecule has 1 nitrogen and oxygen atoms in total. The molecule has 0 atom stereocenters. The lowest BCUT2D eigenvalue weighted by molar-refractivity contribution is 0.670. The molecule has 0 aliphatic heterocycles. The molecule has 1 aromatic heterocycles. The Bertz CT molecular complexity index is 2680. The van der Waals surface area contributed by atoms with Gasteiger partial charge >= 0.3 is 0 Å². The molecule has 0 spiro atoms. The Balaban J connectivity index is 1.63. The van der Waals surface area contributed by atoms with Crippen LogP contribution in [0.5, 0.6) is 0 Å². The van der Waals surface area contributed by atoms with Gasteiger partial charge in [0.15, 0.2) is 0 Å². The van der Waals surface area contributed by atoms with Gasteiger partial charge in [0, 0.05) is 16.3 Å². The summed E-state index contributed by atoms with van der Waals surface area (Å²) in [5.41, 5.74) is 1.57. The molecule has 8 aromatic rings. The second kappa shape index (κ2) is 8.72. The molecular formula is C38H24O. The molecule has 0 saturated heterocycles. The van der Waals surface area contributed by atoms with Gasteiger partial charge in [-0.25, -0.2) is 0 Å². The third kappa shape index (κ3) is 3.34. The highest BCUT2D eigenvalue weighted by Crippen LogP contribution is 2.47. The van der Waals surface area contributed by atoms with Crippen molar-refractivity contribution < 1.29 is 19.5 Å². The predicted octanol–water partition coefficient (Wildman–Crippen LogP) is 10.9. The van der Waals surface area contributed by atoms with Crippen molar-refractivity contribution >= 4 is 43.5 Å². The van der Waals surface area contributed by atoms with Gasteiger partial charge in [0.2, 0.25) is 0 Å². The number of hydrogen-bond donors (Lipinski definition) is 0. The Morgan fingerprint density at radius 3 is 1.72 bits per heavy atom. The maximum Gasteiger partial charge on any atom is 0.143 e. The van der Waals surface area contributed by atoms with Crippen LogP contribution in [0.25, 0.3) is 76.9 Å². The Morgan fingerprint density at radius 2 is 1.03 bits per heavy atom. The average Bonchev–Trinajstić information content (AvgIpc) is 3.53. The summed E-state index contributed by atoms with van der Waals surface area (Å²) < 4.78 is 102. The number of para-hydroxylation sites is 1. The summed E-state index contributed by atoms with van der Waals surface area (Å²) in [6.45, 7) is 0. The molecule has 39 heavy (non-hydrogen) atoms. The average molecular weight is 508 g/mol. The normalized spacial score (nSPS) is 15.5. The van der Waals surface area contributed by atoms with Gasteiger partial charge in [-0.2, -0.15) is 0 Å². The molecule has 182 valence electrons. The highest BCUT2D eigenvalue weighted by molar-refractivity contribution is 6.26. The van der Waals surface area contributed by atoms with Crippen LogP contribution >= 0.6 is 0 Å². The van der Waals surface area contributed by atoms with Crippen molar-refractivity contribution in [3.05, 3.63) is 145 Å². The lowest BCUT2D eigenvalue weighted by atomic mass is 9.85. The molecule has 1 heterocycles. The van der Waals surface area contributed by atoms with Gasteiger partial charge in [-0.1, -0.05) is 139 Å². The Hall–Kier alpha value is -5.14. The number of benzene rings is 7. The monoisotopic (exact) mass is 507 g/mol. The molecule has 0 bridgehead atoms. The molecule has 0 aliphatic rings. The van der Waals surface area contributed by atoms with Crippen LogP contribution in [0.4, 0.5) is 0 Å². The standard InChI is InChI=1S/C38H24O/c1-3-13-25(14-4-1)27-21-11-23-33-37-32(22-12-24-34(37)39-38(27)33)36-30-19-9-7-17-28(30)35(26-15-5-2-6-16-26)29-18-8-10-20-31(29)36/h1-24H/i1D,3D,4D,11D,12D,13D,14D,21D,22D,23D,24D. The van der Waals surface area contributed by atoms with Crippen molar-refractivity contribution in [3.8, 4) is 33.4 Å². The van der Waals surface area contributed by atoms with Crippen molar-refractivity contribution in [1.82, 2.24) is 0 Å². The molecule has 0 fully saturated rings. The van der Waals surface area contributed by atoms with Crippen LogP contribution in [-0.2, 0) is 0 Å². The van der Waals surface area contributed by atoms with Crippen LogP contribution in [0.3, 0.4) is 0 Å². The van der Waals surface area contributed by atoms with E-state index in [0.717, 1.165) is 32.7 Å². The van der Waals surface area contributed by atoms with Gasteiger partial charge in [-0.15, -0.1) is 0 Å². The number of rotatable bonds is 3. The Labute approximate surface area is 242 Å². The first-order valence-electron chi connectivity index (χ1n) is 18.0. The summed E-state index contributed by atoms with van der Waals surface area (Å²) in [7, 11) is 0. The van der Waals surface area contributed by atoms with E-state index < -0.39 is 60.4 Å². The third-order valence-electron chi connectivity index (χ3n) is 7.12. The van der Waals surface area contributed by atoms with Gasteiger partial charge < -0.3 is 4.42 Å². The molecule has 8 rings (SSSR count). The van der Waals surface area contributed by atoms with Crippen molar-refractivity contribution in [2.24, 2.45) is 0 Å². The topological polar surface area (TPSA) is 13.1 Å². The minimum Gasteiger partial charge on any atom is -0.455 e. The number of fused-ring (bicyclic) bond motifs is 5. The summed E-state index contributed by atoms with van der Waals surface area (Å²) in [5, 5.41) is 3.21. The zero-order chi connectivity index (χ0) is 35.3. The summed E-state index contributed by atoms with van der Waals surface area (Å²) in [4.78, 5) is 0. The highest BCUT2D eigenvalue weighted by Gasteiger charge is 2.20. The summed E-state index contributed by atoms with van der Waals surface area (Å²) in [6.07, 6.45) is 0. The van der Waals surface area contributed by atoms with Crippen molar-refractivity contribution in [1.29, 1.82) is 0 Å². The Morgan fingerprint density at radius 1 is 0.436 bits per heavy atom. The van der Waals surface area contributed by atoms with E-state index in [9.17, 15) is 1.37 Å². The Kier molecular flexibility index (Phi) is 3.04. The van der Waals surface area contributed by atoms with Crippen LogP contribution in [0, 0.1) is 0 Å². The fourth-order valence-electron chi connectivity index (χ4n) is 5.53. The van der Waals surface area contributed by atoms with Crippen LogP contribution in [0.1, 0.15) is 15.1 Å². The minimum atomic E-state index is -0.647. The molecule has 0 N–H and O–H groups in total. The molecular weight excluding hydrogens is 472 g/mol. The maximum absolute atomic E-state index is 9.35. The lowest BCUT2D eigenvalue weighted by Crippen LogP contribution is -1.91. The van der Waals surface area contributed by atoms with E-state index in [1.807, 2.05) is 78.9 Å². The molecule has 7 aromatic carbocycles. The molecule has 0 radical (unpaired) electrons. The molecule has 0 saturated carbocycles. The van der Waals surface area contributed by atoms with E-state index in [4.69, 9.17) is 18.1 Å². The summed E-state index contributed by atoms with van der Waals surface area (Å²) >= 11 is 0. The van der Waals surface area contributed by atoms with E-state index in [2.05, 4.69) is 0 Å². The van der Waals surface area contributed by atoms with Gasteiger partial charge in [-0.05, 0) is 55.4 Å². The highest BCUT2D eigenvalue weighted by atomic mass is 16.3. The maximum atomic E-state index is 9.35. The van der Waals surface area contributed by atoms with Crippen molar-refractivity contribution in [2.45, 2.75) is 0 Å². The van der Waals surface area contributed by atoms with Crippen LogP contribution < -0.4 is 0 Å². The largest absolute Gasteiger partial charge is 0.455 e. The van der Waals surface area contributed by atoms with Crippen molar-refractivity contribution in [3.63, 3.8) is 0 Å². The van der Waals surface area contributed by atoms with Crippen LogP contribution in [0.2, 0.25) is 0 Å². The van der Waals surface area contributed by atoms with Crippen LogP contribution in [0.15, 0.2) is 150 Å². The predicted molar refractivity (Wildman–Crippen MR) is 165 cm³/mol. The van der Waals surface area contributed by atoms with E-state index in [0.29, 0.717) is 5.56 Å². The number of furan rings is 1. The van der Waals surface area contributed by atoms with Crippen molar-refractivity contribution in [2.75, 3.05) is 0 Å². The smallest absolute Gasteiger partial charge is 0.143 e. The van der Waals surface area contributed by atoms with E-state index in [1.54, 1.807) is 0 Å². The molecule has 0 amide bonds. The van der Waals surface area contributed by atoms with Crippen LogP contribution in [-0.4, -0.2) is 0 Å². The van der Waals surface area contributed by atoms with Gasteiger partial charge in [0.05, 0.1) is 15.1 Å². The first kappa shape index (κ1) is 13.6. The summed E-state index contributed by atoms with van der Waals surface area (Å²) in [5.74, 6) is 0. The second-order valence-electron chi connectivity index (χ2n) is 9.22. The fourth-order valence-corrected chi connectivity index (χ4v) is 5.53. The zero-order valence-electron chi connectivity index (χ0n) is 31.4. The summed E-state index contributed by atoms with van der Waals surface area (Å²) in [6, 6.07) is 19.2. The van der Waals surface area contributed by atoms with Gasteiger partial charge in [0.25, 0.3) is 0 Å². The third-order valence-corrected chi connectivity index (χ3v) is 7.12. The van der Waals surface area contributed by atoms with Gasteiger partial charge in [-0.3, -0.25) is 0 Å². The SMILES string of the molecule is [2H]c1c([2H])c([2H])c(-c2c([2H])c([2H])c([2H])c3c2oc2c([2H])c([2H])c([2H])c(-c4c5ccccc5c(-c5ccccc5)c5ccccc45)c23)c([2H])c1[2H]. The quantitative estimate of drug-likeness (QED) is 0.217. The fraction of sp³-hybridized carbons (Fsp3) is 0. The molecule has 1 heteroatoms. The number of hydrogen-bond acceptors (Lipinski definition) is 1. The minimum absolute atomic E-state index is 0.0555. The molecule has 0 unspecified atom stereocenters. The van der Waals surface area contributed by atoms with E-state index in [-0.39, 0.29) is 44.7 Å². The van der Waals surface area contributed by atoms with E-state index in [1.165, 1.54) is 0 Å². The zero-order valence-corrected chi connectivity index (χ0v) is 20.4.